The molecule has 0 saturated heterocycles. The van der Waals surface area contributed by atoms with Crippen LogP contribution >= 0.6 is 8.03 Å². The van der Waals surface area contributed by atoms with Crippen LogP contribution in [0.1, 0.15) is 39.5 Å². The van der Waals surface area contributed by atoms with Gasteiger partial charge >= 0.3 is 0 Å². The first-order valence-electron chi connectivity index (χ1n) is 3.95. The zero-order valence-electron chi connectivity index (χ0n) is 6.76. The van der Waals surface area contributed by atoms with Gasteiger partial charge in [-0.1, -0.05) is 26.7 Å². The fraction of sp³-hybridized carbons (Fsp3) is 1.00. The summed E-state index contributed by atoms with van der Waals surface area (Å²) >= 11 is 0. The maximum Gasteiger partial charge on any atom is 0.192 e. The van der Waals surface area contributed by atoms with E-state index in [9.17, 15) is 4.57 Å². The van der Waals surface area contributed by atoms with E-state index in [1.54, 1.807) is 0 Å². The van der Waals surface area contributed by atoms with Crippen LogP contribution in [-0.4, -0.2) is 27.9 Å². The van der Waals surface area contributed by atoms with Crippen LogP contribution in [0.15, 0.2) is 0 Å². The normalized spacial score (nSPS) is 12.7. The molecule has 1 unspecified atom stereocenters. The molecule has 0 saturated carbocycles. The van der Waals surface area contributed by atoms with Crippen molar-refractivity contribution in [2.24, 2.45) is 0 Å². The molecule has 68 valence electrons. The number of hydrogen-bond acceptors (Lipinski definition) is 1. The number of hydrogen-bond donors (Lipinski definition) is 1. The van der Waals surface area contributed by atoms with Gasteiger partial charge < -0.3 is 4.89 Å². The van der Waals surface area contributed by atoms with Gasteiger partial charge in [0.05, 0.1) is 0 Å². The minimum absolute atomic E-state index is 0. The third-order valence-corrected chi connectivity index (χ3v) is 2.90. The average Bonchev–Trinajstić information content (AvgIpc) is 1.87. The van der Waals surface area contributed by atoms with Gasteiger partial charge in [0.15, 0.2) is 25.4 Å². The second-order valence-corrected chi connectivity index (χ2v) is 4.11. The summed E-state index contributed by atoms with van der Waals surface area (Å²) in [5.41, 5.74) is 0.0833. The SMILES string of the molecule is CCCC(CCC)[PH](=O)O.[AlH3]. The van der Waals surface area contributed by atoms with Crippen molar-refractivity contribution in [3.8, 4) is 0 Å². The Labute approximate surface area is 80.4 Å². The van der Waals surface area contributed by atoms with Gasteiger partial charge in [0.1, 0.15) is 0 Å². The molecule has 0 aliphatic carbocycles. The molecular weight excluding hydrogens is 174 g/mol. The summed E-state index contributed by atoms with van der Waals surface area (Å²) in [6, 6.07) is 0. The van der Waals surface area contributed by atoms with Crippen molar-refractivity contribution in [2.75, 3.05) is 0 Å². The highest BCUT2D eigenvalue weighted by atomic mass is 31.1. The van der Waals surface area contributed by atoms with Crippen LogP contribution in [-0.2, 0) is 4.57 Å². The van der Waals surface area contributed by atoms with E-state index >= 15 is 0 Å². The predicted octanol–water partition coefficient (Wildman–Crippen LogP) is 1.24. The molecule has 0 bridgehead atoms. The molecule has 4 heteroatoms. The molecule has 0 radical (unpaired) electrons. The first-order chi connectivity index (χ1) is 4.72. The molecule has 0 amide bonds. The van der Waals surface area contributed by atoms with E-state index in [-0.39, 0.29) is 23.0 Å². The Bertz CT molecular complexity index is 103. The third kappa shape index (κ3) is 7.10. The minimum atomic E-state index is -2.25. The topological polar surface area (TPSA) is 37.3 Å². The molecule has 0 aromatic carbocycles. The van der Waals surface area contributed by atoms with Gasteiger partial charge in [0.25, 0.3) is 0 Å². The van der Waals surface area contributed by atoms with Crippen molar-refractivity contribution in [3.05, 3.63) is 0 Å². The van der Waals surface area contributed by atoms with Crippen molar-refractivity contribution < 1.29 is 9.46 Å². The molecule has 1 atom stereocenters. The van der Waals surface area contributed by atoms with Crippen LogP contribution in [0.2, 0.25) is 0 Å². The Morgan fingerprint density at radius 1 is 1.27 bits per heavy atom. The maximum absolute atomic E-state index is 10.7. The van der Waals surface area contributed by atoms with Crippen LogP contribution in [0.4, 0.5) is 0 Å². The molecule has 0 rings (SSSR count). The molecule has 0 heterocycles. The van der Waals surface area contributed by atoms with Crippen LogP contribution in [0.3, 0.4) is 0 Å². The van der Waals surface area contributed by atoms with E-state index in [0.29, 0.717) is 0 Å². The largest absolute Gasteiger partial charge is 0.346 e. The van der Waals surface area contributed by atoms with Crippen LogP contribution < -0.4 is 0 Å². The average molecular weight is 194 g/mol. The number of rotatable bonds is 5. The van der Waals surface area contributed by atoms with E-state index in [1.165, 1.54) is 0 Å². The summed E-state index contributed by atoms with van der Waals surface area (Å²) in [6.07, 6.45) is 3.84. The lowest BCUT2D eigenvalue weighted by Crippen LogP contribution is -2.00. The summed E-state index contributed by atoms with van der Waals surface area (Å²) in [7, 11) is -2.25. The van der Waals surface area contributed by atoms with E-state index in [4.69, 9.17) is 4.89 Å². The molecule has 2 nitrogen and oxygen atoms in total. The smallest absolute Gasteiger partial charge is 0.192 e. The Balaban J connectivity index is 0. The third-order valence-electron chi connectivity index (χ3n) is 1.62. The summed E-state index contributed by atoms with van der Waals surface area (Å²) in [5, 5.41) is 0. The zero-order chi connectivity index (χ0) is 7.98. The van der Waals surface area contributed by atoms with Crippen molar-refractivity contribution in [3.63, 3.8) is 0 Å². The van der Waals surface area contributed by atoms with Crippen LogP contribution in [0, 0.1) is 0 Å². The van der Waals surface area contributed by atoms with Gasteiger partial charge in [0, 0.05) is 5.66 Å². The molecule has 0 aromatic rings. The van der Waals surface area contributed by atoms with Crippen LogP contribution in [0.25, 0.3) is 0 Å². The monoisotopic (exact) mass is 194 g/mol. The standard InChI is InChI=1S/C7H17O2P.Al.3H/c1-3-5-7(6-4-2)10(8)9;;;;/h7,10H,3-6H2,1-2H3,(H,8,9);;;;. The quantitative estimate of drug-likeness (QED) is 0.528. The first-order valence-corrected chi connectivity index (χ1v) is 5.38. The fourth-order valence-electron chi connectivity index (χ4n) is 1.09. The lowest BCUT2D eigenvalue weighted by atomic mass is 10.2. The summed E-state index contributed by atoms with van der Waals surface area (Å²) < 4.78 is 10.7. The molecule has 1 N–H and O–H groups in total. The molecule has 0 aromatic heterocycles. The summed E-state index contributed by atoms with van der Waals surface area (Å²) in [6.45, 7) is 4.10. The Morgan fingerprint density at radius 2 is 1.64 bits per heavy atom. The maximum atomic E-state index is 10.7. The molecule has 11 heavy (non-hydrogen) atoms. The minimum Gasteiger partial charge on any atom is -0.346 e. The fourth-order valence-corrected chi connectivity index (χ4v) is 2.16. The van der Waals surface area contributed by atoms with E-state index in [0.717, 1.165) is 25.7 Å². The Morgan fingerprint density at radius 3 is 1.82 bits per heavy atom. The van der Waals surface area contributed by atoms with Gasteiger partial charge in [-0.05, 0) is 12.8 Å². The highest BCUT2D eigenvalue weighted by Crippen LogP contribution is 2.29. The van der Waals surface area contributed by atoms with Gasteiger partial charge in [0.2, 0.25) is 0 Å². The van der Waals surface area contributed by atoms with E-state index in [1.807, 2.05) is 13.8 Å². The summed E-state index contributed by atoms with van der Waals surface area (Å²) in [4.78, 5) is 8.82. The Kier molecular flexibility index (Phi) is 11.4. The van der Waals surface area contributed by atoms with Gasteiger partial charge in [-0.2, -0.15) is 0 Å². The highest BCUT2D eigenvalue weighted by Gasteiger charge is 2.10. The molecular formula is C7H20AlO2P. The van der Waals surface area contributed by atoms with Crippen molar-refractivity contribution >= 4 is 25.4 Å². The molecule has 0 aliphatic rings. The van der Waals surface area contributed by atoms with Crippen molar-refractivity contribution in [1.82, 2.24) is 0 Å². The van der Waals surface area contributed by atoms with Gasteiger partial charge in [-0.25, -0.2) is 0 Å². The Hall–Kier alpha value is 0.722. The lowest BCUT2D eigenvalue weighted by Gasteiger charge is -2.09. The van der Waals surface area contributed by atoms with E-state index in [2.05, 4.69) is 0 Å². The van der Waals surface area contributed by atoms with Gasteiger partial charge in [-0.3, -0.25) is 4.57 Å². The van der Waals surface area contributed by atoms with Crippen LogP contribution in [0.5, 0.6) is 0 Å². The second-order valence-electron chi connectivity index (χ2n) is 2.61. The first kappa shape index (κ1) is 14.3. The predicted molar refractivity (Wildman–Crippen MR) is 54.8 cm³/mol. The van der Waals surface area contributed by atoms with E-state index < -0.39 is 8.03 Å². The molecule has 0 aliphatic heterocycles. The lowest BCUT2D eigenvalue weighted by molar-refractivity contribution is 0.475. The van der Waals surface area contributed by atoms with Crippen molar-refractivity contribution in [2.45, 2.75) is 45.2 Å². The highest BCUT2D eigenvalue weighted by molar-refractivity contribution is 7.38. The van der Waals surface area contributed by atoms with Gasteiger partial charge in [-0.15, -0.1) is 0 Å². The summed E-state index contributed by atoms with van der Waals surface area (Å²) in [5.74, 6) is 0. The van der Waals surface area contributed by atoms with Crippen molar-refractivity contribution in [1.29, 1.82) is 0 Å². The molecule has 0 fully saturated rings. The second kappa shape index (κ2) is 8.82. The zero-order valence-corrected chi connectivity index (χ0v) is 7.76. The molecule has 0 spiro atoms.